The van der Waals surface area contributed by atoms with E-state index in [9.17, 15) is 0 Å². The monoisotopic (exact) mass is 632 g/mol. The molecule has 0 radical (unpaired) electrons. The van der Waals surface area contributed by atoms with E-state index in [1.165, 1.54) is 0 Å². The van der Waals surface area contributed by atoms with Crippen LogP contribution >= 0.6 is 36.4 Å². The van der Waals surface area contributed by atoms with Crippen molar-refractivity contribution in [1.82, 2.24) is 9.80 Å². The van der Waals surface area contributed by atoms with Crippen molar-refractivity contribution in [2.24, 2.45) is 10.3 Å². The highest BCUT2D eigenvalue weighted by atomic mass is 35.5. The molecule has 1 aliphatic carbocycles. The van der Waals surface area contributed by atoms with Crippen LogP contribution in [0.5, 0.6) is 0 Å². The lowest BCUT2D eigenvalue weighted by atomic mass is 9.85. The second kappa shape index (κ2) is 18.1. The SMILES string of the molecule is CCN(CC)CCON=C1c2ccccc2-c2ccccc2C(=NOCCN(CC)CC)C1c1ccc(Cl)cc1.Cl.Cl. The first-order valence-corrected chi connectivity index (χ1v) is 14.8. The Hall–Kier alpha value is -2.61. The van der Waals surface area contributed by atoms with Gasteiger partial charge in [0.15, 0.2) is 0 Å². The fourth-order valence-electron chi connectivity index (χ4n) is 5.15. The van der Waals surface area contributed by atoms with Crippen molar-refractivity contribution in [3.8, 4) is 11.1 Å². The Balaban J connectivity index is 0.00000308. The average Bonchev–Trinajstić information content (AvgIpc) is 3.11. The maximum atomic E-state index is 6.32. The topological polar surface area (TPSA) is 49.7 Å². The maximum Gasteiger partial charge on any atom is 0.129 e. The highest BCUT2D eigenvalue weighted by Gasteiger charge is 2.34. The van der Waals surface area contributed by atoms with Gasteiger partial charge in [-0.1, -0.05) is 110 Å². The second-order valence-corrected chi connectivity index (χ2v) is 10.2. The summed E-state index contributed by atoms with van der Waals surface area (Å²) in [5.41, 5.74) is 6.86. The summed E-state index contributed by atoms with van der Waals surface area (Å²) in [6.07, 6.45) is 0. The van der Waals surface area contributed by atoms with Crippen molar-refractivity contribution in [2.75, 3.05) is 52.5 Å². The lowest BCUT2D eigenvalue weighted by molar-refractivity contribution is 0.112. The van der Waals surface area contributed by atoms with E-state index in [-0.39, 0.29) is 30.7 Å². The highest BCUT2D eigenvalue weighted by molar-refractivity contribution is 6.31. The van der Waals surface area contributed by atoms with Gasteiger partial charge in [-0.15, -0.1) is 24.8 Å². The van der Waals surface area contributed by atoms with E-state index >= 15 is 0 Å². The summed E-state index contributed by atoms with van der Waals surface area (Å²) in [6, 6.07) is 24.7. The van der Waals surface area contributed by atoms with Gasteiger partial charge < -0.3 is 19.5 Å². The van der Waals surface area contributed by atoms with Crippen molar-refractivity contribution < 1.29 is 9.68 Å². The third kappa shape index (κ3) is 8.71. The zero-order valence-corrected chi connectivity index (χ0v) is 27.4. The number of halogens is 3. The zero-order chi connectivity index (χ0) is 28.3. The molecule has 0 heterocycles. The van der Waals surface area contributed by atoms with E-state index in [4.69, 9.17) is 31.6 Å². The fourth-order valence-corrected chi connectivity index (χ4v) is 5.27. The van der Waals surface area contributed by atoms with Gasteiger partial charge in [0.2, 0.25) is 0 Å². The largest absolute Gasteiger partial charge is 0.394 e. The minimum atomic E-state index is -0.316. The van der Waals surface area contributed by atoms with Gasteiger partial charge in [0.25, 0.3) is 0 Å². The van der Waals surface area contributed by atoms with Crippen LogP contribution in [-0.2, 0) is 9.68 Å². The van der Waals surface area contributed by atoms with Crippen LogP contribution in [0.3, 0.4) is 0 Å². The first kappa shape index (κ1) is 35.6. The molecular weight excluding hydrogens is 591 g/mol. The fraction of sp³-hybridized carbons (Fsp3) is 0.394. The summed E-state index contributed by atoms with van der Waals surface area (Å²) >= 11 is 6.32. The molecule has 0 atom stereocenters. The Morgan fingerprint density at radius 1 is 0.595 bits per heavy atom. The maximum absolute atomic E-state index is 6.32. The third-order valence-electron chi connectivity index (χ3n) is 7.56. The summed E-state index contributed by atoms with van der Waals surface area (Å²) in [6.45, 7) is 15.2. The lowest BCUT2D eigenvalue weighted by Crippen LogP contribution is -2.28. The number of benzene rings is 3. The van der Waals surface area contributed by atoms with Crippen LogP contribution in [-0.4, -0.2) is 73.7 Å². The molecular formula is C33H43Cl3N4O2. The summed E-state index contributed by atoms with van der Waals surface area (Å²) in [4.78, 5) is 16.7. The van der Waals surface area contributed by atoms with Crippen LogP contribution in [0.15, 0.2) is 83.1 Å². The van der Waals surface area contributed by atoms with E-state index in [0.717, 1.165) is 78.5 Å². The molecule has 0 aliphatic heterocycles. The standard InChI is InChI=1S/C33H41ClN4O2.2ClH/c1-5-37(6-2)21-23-39-35-32-29-15-11-9-13-27(29)28-14-10-12-16-30(28)33(36-40-24-22-38(7-3)8-4)31(32)25-17-19-26(34)20-18-25;;/h9-20,31H,5-8,21-24H2,1-4H3;2*1H. The molecule has 0 amide bonds. The van der Waals surface area contributed by atoms with E-state index < -0.39 is 0 Å². The quantitative estimate of drug-likeness (QED) is 0.143. The van der Waals surface area contributed by atoms with E-state index in [1.54, 1.807) is 0 Å². The molecule has 3 aromatic carbocycles. The molecule has 9 heteroatoms. The zero-order valence-electron chi connectivity index (χ0n) is 25.0. The molecule has 0 N–H and O–H groups in total. The summed E-state index contributed by atoms with van der Waals surface area (Å²) < 4.78 is 0. The molecule has 0 fully saturated rings. The molecule has 0 saturated heterocycles. The summed E-state index contributed by atoms with van der Waals surface area (Å²) in [5.74, 6) is -0.316. The molecule has 0 aromatic heterocycles. The van der Waals surface area contributed by atoms with E-state index in [0.29, 0.717) is 18.2 Å². The Morgan fingerprint density at radius 2 is 0.976 bits per heavy atom. The van der Waals surface area contributed by atoms with Gasteiger partial charge in [-0.3, -0.25) is 0 Å². The lowest BCUT2D eigenvalue weighted by Gasteiger charge is -2.22. The Bertz CT molecular complexity index is 1210. The van der Waals surface area contributed by atoms with Gasteiger partial charge in [-0.2, -0.15) is 0 Å². The number of likely N-dealkylation sites (N-methyl/N-ethyl adjacent to an activating group) is 2. The molecule has 1 aliphatic rings. The van der Waals surface area contributed by atoms with Crippen molar-refractivity contribution in [3.63, 3.8) is 0 Å². The molecule has 42 heavy (non-hydrogen) atoms. The summed E-state index contributed by atoms with van der Waals surface area (Å²) in [5, 5.41) is 10.3. The van der Waals surface area contributed by atoms with Crippen molar-refractivity contribution >= 4 is 47.8 Å². The third-order valence-corrected chi connectivity index (χ3v) is 7.81. The van der Waals surface area contributed by atoms with Crippen LogP contribution in [0.1, 0.15) is 50.3 Å². The average molecular weight is 634 g/mol. The van der Waals surface area contributed by atoms with Gasteiger partial charge in [-0.25, -0.2) is 0 Å². The van der Waals surface area contributed by atoms with Crippen LogP contribution in [0, 0.1) is 0 Å². The molecule has 0 saturated carbocycles. The van der Waals surface area contributed by atoms with Gasteiger partial charge >= 0.3 is 0 Å². The van der Waals surface area contributed by atoms with Gasteiger partial charge in [0.1, 0.15) is 24.6 Å². The van der Waals surface area contributed by atoms with Crippen LogP contribution < -0.4 is 0 Å². The van der Waals surface area contributed by atoms with Crippen molar-refractivity contribution in [3.05, 3.63) is 94.5 Å². The normalized spacial score (nSPS) is 15.9. The molecule has 3 aromatic rings. The Kier molecular flexibility index (Phi) is 15.4. The van der Waals surface area contributed by atoms with Gasteiger partial charge in [-0.05, 0) is 55.0 Å². The summed E-state index contributed by atoms with van der Waals surface area (Å²) in [7, 11) is 0. The first-order valence-electron chi connectivity index (χ1n) is 14.4. The van der Waals surface area contributed by atoms with E-state index in [2.05, 4.69) is 86.0 Å². The second-order valence-electron chi connectivity index (χ2n) is 9.75. The Morgan fingerprint density at radius 3 is 1.36 bits per heavy atom. The van der Waals surface area contributed by atoms with Crippen LogP contribution in [0.2, 0.25) is 5.02 Å². The number of oxime groups is 2. The van der Waals surface area contributed by atoms with E-state index in [1.807, 2.05) is 24.3 Å². The van der Waals surface area contributed by atoms with Crippen molar-refractivity contribution in [1.29, 1.82) is 0 Å². The molecule has 228 valence electrons. The minimum absolute atomic E-state index is 0. The number of hydrogen-bond acceptors (Lipinski definition) is 6. The predicted molar refractivity (Wildman–Crippen MR) is 181 cm³/mol. The molecule has 6 nitrogen and oxygen atoms in total. The van der Waals surface area contributed by atoms with Gasteiger partial charge in [0, 0.05) is 29.2 Å². The van der Waals surface area contributed by atoms with Crippen LogP contribution in [0.25, 0.3) is 11.1 Å². The minimum Gasteiger partial charge on any atom is -0.394 e. The molecule has 0 spiro atoms. The van der Waals surface area contributed by atoms with Gasteiger partial charge in [0.05, 0.1) is 5.92 Å². The molecule has 0 bridgehead atoms. The number of fused-ring (bicyclic) bond motifs is 3. The van der Waals surface area contributed by atoms with Crippen molar-refractivity contribution in [2.45, 2.75) is 33.6 Å². The smallest absolute Gasteiger partial charge is 0.129 e. The highest BCUT2D eigenvalue weighted by Crippen LogP contribution is 2.39. The number of hydrogen-bond donors (Lipinski definition) is 0. The number of nitrogens with zero attached hydrogens (tertiary/aromatic N) is 4. The van der Waals surface area contributed by atoms with Crippen LogP contribution in [0.4, 0.5) is 0 Å². The Labute approximate surface area is 268 Å². The number of rotatable bonds is 13. The first-order chi connectivity index (χ1) is 19.6. The predicted octanol–water partition coefficient (Wildman–Crippen LogP) is 7.77. The molecule has 4 rings (SSSR count). The molecule has 0 unspecified atom stereocenters.